The molecule has 1 aromatic rings. The van der Waals surface area contributed by atoms with Gasteiger partial charge in [-0.15, -0.1) is 0 Å². The topological polar surface area (TPSA) is 23.1 Å². The minimum absolute atomic E-state index is 0. The molecule has 2 heteroatoms. The Labute approximate surface area is 134 Å². The first-order valence-electron chi connectivity index (χ1n) is 6.01. The average molecular weight is 441 g/mol. The Kier molecular flexibility index (Phi) is 9.34. The summed E-state index contributed by atoms with van der Waals surface area (Å²) >= 11 is 0. The molecule has 0 heterocycles. The maximum atomic E-state index is 11.7. The van der Waals surface area contributed by atoms with Gasteiger partial charge in [-0.2, -0.15) is 0 Å². The Bertz CT molecular complexity index is 510. The zero-order valence-electron chi connectivity index (χ0n) is 11.5. The minimum atomic E-state index is 0. The summed E-state index contributed by atoms with van der Waals surface area (Å²) in [4.78, 5) is 0. The van der Waals surface area contributed by atoms with Crippen LogP contribution in [-0.2, 0) is 19.8 Å². The molecule has 0 fully saturated rings. The molecule has 2 aliphatic carbocycles. The van der Waals surface area contributed by atoms with Gasteiger partial charge in [-0.1, -0.05) is 84.7 Å². The SMILES string of the molecule is C1=CCC=C1.[CH3-].[O-]C(=C1C=CC=C1)c1ccccc1.[Os+2]. The van der Waals surface area contributed by atoms with E-state index in [4.69, 9.17) is 0 Å². The molecule has 1 aromatic carbocycles. The van der Waals surface area contributed by atoms with Crippen LogP contribution in [0.25, 0.3) is 5.76 Å². The van der Waals surface area contributed by atoms with E-state index in [1.54, 1.807) is 0 Å². The molecule has 0 bridgehead atoms. The summed E-state index contributed by atoms with van der Waals surface area (Å²) in [6.07, 6.45) is 16.9. The number of hydrogen-bond acceptors (Lipinski definition) is 1. The summed E-state index contributed by atoms with van der Waals surface area (Å²) in [7, 11) is 0. The molecule has 2 aliphatic rings. The van der Waals surface area contributed by atoms with Crippen LogP contribution in [0, 0.1) is 7.43 Å². The third-order valence-corrected chi connectivity index (χ3v) is 2.62. The van der Waals surface area contributed by atoms with Crippen LogP contribution in [0.4, 0.5) is 0 Å². The minimum Gasteiger partial charge on any atom is -0.872 e. The molecule has 1 nitrogen and oxygen atoms in total. The van der Waals surface area contributed by atoms with E-state index >= 15 is 0 Å². The van der Waals surface area contributed by atoms with Crippen LogP contribution in [0.15, 0.2) is 84.5 Å². The van der Waals surface area contributed by atoms with E-state index in [0.717, 1.165) is 17.6 Å². The van der Waals surface area contributed by atoms with Crippen molar-refractivity contribution >= 4 is 5.76 Å². The van der Waals surface area contributed by atoms with Crippen LogP contribution in [-0.4, -0.2) is 0 Å². The molecule has 0 unspecified atom stereocenters. The molecule has 0 saturated heterocycles. The zero-order chi connectivity index (χ0) is 12.6. The summed E-state index contributed by atoms with van der Waals surface area (Å²) in [5, 5.41) is 11.7. The van der Waals surface area contributed by atoms with Gasteiger partial charge in [0, 0.05) is 0 Å². The molecule has 0 amide bonds. The number of benzene rings is 1. The predicted molar refractivity (Wildman–Crippen MR) is 81.0 cm³/mol. The number of rotatable bonds is 1. The summed E-state index contributed by atoms with van der Waals surface area (Å²) in [6, 6.07) is 9.30. The molecule has 0 spiro atoms. The fraction of sp³-hybridized carbons (Fsp3) is 0.0556. The van der Waals surface area contributed by atoms with Crippen molar-refractivity contribution in [2.75, 3.05) is 0 Å². The van der Waals surface area contributed by atoms with Gasteiger partial charge in [0.15, 0.2) is 0 Å². The number of allylic oxidation sites excluding steroid dienone is 9. The van der Waals surface area contributed by atoms with Gasteiger partial charge in [0.05, 0.1) is 0 Å². The summed E-state index contributed by atoms with van der Waals surface area (Å²) in [5.41, 5.74) is 1.50. The first kappa shape index (κ1) is 18.4. The maximum Gasteiger partial charge on any atom is 2.00 e. The third kappa shape index (κ3) is 5.55. The van der Waals surface area contributed by atoms with E-state index in [1.165, 1.54) is 0 Å². The smallest absolute Gasteiger partial charge is 0.872 e. The standard InChI is InChI=1S/C12H10O.C5H6.CH3.Os/c13-12(11-8-4-5-9-11)10-6-2-1-3-7-10;1-2-4-5-3-1;;/h1-9,13H;1-4H,5H2;1H3;/q;;-1;+2/p-1. The zero-order valence-corrected chi connectivity index (χ0v) is 14.0. The second-order valence-corrected chi connectivity index (χ2v) is 3.96. The van der Waals surface area contributed by atoms with E-state index in [1.807, 2.05) is 54.6 Å². The molecule has 3 rings (SSSR count). The van der Waals surface area contributed by atoms with Crippen molar-refractivity contribution in [3.05, 3.63) is 97.5 Å². The molecule has 0 atom stereocenters. The van der Waals surface area contributed by atoms with E-state index < -0.39 is 0 Å². The molecule has 0 N–H and O–H groups in total. The Morgan fingerprint density at radius 2 is 1.40 bits per heavy atom. The van der Waals surface area contributed by atoms with E-state index in [2.05, 4.69) is 24.3 Å². The van der Waals surface area contributed by atoms with Crippen LogP contribution in [0.2, 0.25) is 0 Å². The van der Waals surface area contributed by atoms with Crippen molar-refractivity contribution in [3.63, 3.8) is 0 Å². The fourth-order valence-corrected chi connectivity index (χ4v) is 1.67. The van der Waals surface area contributed by atoms with Gasteiger partial charge < -0.3 is 12.5 Å². The van der Waals surface area contributed by atoms with Crippen molar-refractivity contribution in [1.29, 1.82) is 0 Å². The molecule has 0 aromatic heterocycles. The fourth-order valence-electron chi connectivity index (χ4n) is 1.67. The Balaban J connectivity index is 0.000000443. The van der Waals surface area contributed by atoms with E-state index in [0.29, 0.717) is 0 Å². The molecule has 104 valence electrons. The monoisotopic (exact) mass is 442 g/mol. The van der Waals surface area contributed by atoms with Gasteiger partial charge in [0.25, 0.3) is 0 Å². The third-order valence-electron chi connectivity index (χ3n) is 2.62. The van der Waals surface area contributed by atoms with Gasteiger partial charge >= 0.3 is 19.8 Å². The van der Waals surface area contributed by atoms with Gasteiger partial charge in [0.2, 0.25) is 0 Å². The van der Waals surface area contributed by atoms with Crippen LogP contribution >= 0.6 is 0 Å². The van der Waals surface area contributed by atoms with Gasteiger partial charge in [-0.3, -0.25) is 0 Å². The normalized spacial score (nSPS) is 13.3. The van der Waals surface area contributed by atoms with Crippen molar-refractivity contribution in [3.8, 4) is 0 Å². The first-order valence-corrected chi connectivity index (χ1v) is 6.01. The van der Waals surface area contributed by atoms with Gasteiger partial charge in [0.1, 0.15) is 0 Å². The predicted octanol–water partition coefficient (Wildman–Crippen LogP) is 3.83. The van der Waals surface area contributed by atoms with E-state index in [9.17, 15) is 5.11 Å². The molecular weight excluding hydrogens is 422 g/mol. The van der Waals surface area contributed by atoms with Crippen molar-refractivity contribution in [1.82, 2.24) is 0 Å². The quantitative estimate of drug-likeness (QED) is 0.481. The van der Waals surface area contributed by atoms with Crippen LogP contribution in [0.5, 0.6) is 0 Å². The van der Waals surface area contributed by atoms with Gasteiger partial charge in [-0.25, -0.2) is 0 Å². The number of hydrogen-bond donors (Lipinski definition) is 0. The molecule has 0 radical (unpaired) electrons. The second kappa shape index (κ2) is 10.2. The van der Waals surface area contributed by atoms with Gasteiger partial charge in [-0.05, 0) is 17.6 Å². The summed E-state index contributed by atoms with van der Waals surface area (Å²) < 4.78 is 0. The van der Waals surface area contributed by atoms with Crippen molar-refractivity contribution in [2.45, 2.75) is 6.42 Å². The molecule has 0 saturated carbocycles. The van der Waals surface area contributed by atoms with Crippen LogP contribution < -0.4 is 5.11 Å². The molecule has 20 heavy (non-hydrogen) atoms. The first-order chi connectivity index (χ1) is 8.88. The Morgan fingerprint density at radius 3 is 1.85 bits per heavy atom. The van der Waals surface area contributed by atoms with Crippen molar-refractivity contribution < 1.29 is 24.9 Å². The molecule has 0 aliphatic heterocycles. The molecular formula is C18H18OOs. The Hall–Kier alpha value is -1.64. The maximum absolute atomic E-state index is 11.7. The van der Waals surface area contributed by atoms with Crippen LogP contribution in [0.1, 0.15) is 12.0 Å². The summed E-state index contributed by atoms with van der Waals surface area (Å²) in [5.74, 6) is 0.0885. The van der Waals surface area contributed by atoms with Crippen molar-refractivity contribution in [2.24, 2.45) is 0 Å². The van der Waals surface area contributed by atoms with Crippen LogP contribution in [0.3, 0.4) is 0 Å². The van der Waals surface area contributed by atoms with E-state index in [-0.39, 0.29) is 33.0 Å². The second-order valence-electron chi connectivity index (χ2n) is 3.96. The Morgan fingerprint density at radius 1 is 0.850 bits per heavy atom. The average Bonchev–Trinajstić information content (AvgIpc) is 3.14. The summed E-state index contributed by atoms with van der Waals surface area (Å²) in [6.45, 7) is 0. The largest absolute Gasteiger partial charge is 2.00 e.